The Morgan fingerprint density at radius 3 is 2.95 bits per heavy atom. The van der Waals surface area contributed by atoms with Crippen LogP contribution in [0.5, 0.6) is 0 Å². The van der Waals surface area contributed by atoms with E-state index in [1.165, 1.54) is 0 Å². The molecule has 3 rings (SSSR count). The van der Waals surface area contributed by atoms with Crippen LogP contribution >= 0.6 is 0 Å². The van der Waals surface area contributed by atoms with E-state index in [2.05, 4.69) is 29.4 Å². The van der Waals surface area contributed by atoms with Crippen LogP contribution in [0.4, 0.5) is 5.82 Å². The van der Waals surface area contributed by atoms with E-state index in [0.29, 0.717) is 23.0 Å². The summed E-state index contributed by atoms with van der Waals surface area (Å²) >= 11 is 0. The first kappa shape index (κ1) is 14.3. The van der Waals surface area contributed by atoms with Gasteiger partial charge in [-0.15, -0.1) is 0 Å². The van der Waals surface area contributed by atoms with Crippen molar-refractivity contribution < 1.29 is 9.32 Å². The summed E-state index contributed by atoms with van der Waals surface area (Å²) in [6, 6.07) is 9.31. The molecule has 0 aliphatic carbocycles. The van der Waals surface area contributed by atoms with Gasteiger partial charge in [0.1, 0.15) is 11.5 Å². The number of carbonyl (C=O) groups excluding carboxylic acids is 1. The summed E-state index contributed by atoms with van der Waals surface area (Å²) in [5.74, 6) is 1.02. The number of para-hydroxylation sites is 1. The topological polar surface area (TPSA) is 73.0 Å². The van der Waals surface area contributed by atoms with E-state index >= 15 is 0 Å². The van der Waals surface area contributed by atoms with Gasteiger partial charge in [-0.25, -0.2) is 4.68 Å². The second-order valence-corrected chi connectivity index (χ2v) is 5.64. The molecular weight excluding hydrogens is 280 g/mol. The van der Waals surface area contributed by atoms with Crippen LogP contribution in [0.15, 0.2) is 41.1 Å². The molecule has 6 nitrogen and oxygen atoms in total. The average molecular weight is 298 g/mol. The minimum Gasteiger partial charge on any atom is -0.356 e. The third-order valence-corrected chi connectivity index (χ3v) is 3.30. The Hall–Kier alpha value is -2.63. The molecule has 0 saturated carbocycles. The number of nitrogens with one attached hydrogen (secondary N) is 1. The summed E-state index contributed by atoms with van der Waals surface area (Å²) in [4.78, 5) is 12.2. The van der Waals surface area contributed by atoms with Gasteiger partial charge in [0.2, 0.25) is 5.91 Å². The Kier molecular flexibility index (Phi) is 3.91. The first-order chi connectivity index (χ1) is 10.6. The molecule has 0 atom stereocenters. The number of fused-ring (bicyclic) bond motifs is 1. The Balaban J connectivity index is 1.72. The van der Waals surface area contributed by atoms with Gasteiger partial charge in [0.15, 0.2) is 5.58 Å². The molecule has 1 aromatic carbocycles. The van der Waals surface area contributed by atoms with Crippen molar-refractivity contribution in [3.05, 3.63) is 42.2 Å². The number of nitrogens with zero attached hydrogens (tertiary/aromatic N) is 3. The van der Waals surface area contributed by atoms with Crippen molar-refractivity contribution in [3.63, 3.8) is 0 Å². The molecule has 2 heterocycles. The van der Waals surface area contributed by atoms with Gasteiger partial charge in [0.05, 0.1) is 12.6 Å². The van der Waals surface area contributed by atoms with Crippen LogP contribution in [0.2, 0.25) is 0 Å². The van der Waals surface area contributed by atoms with Gasteiger partial charge in [0.25, 0.3) is 0 Å². The summed E-state index contributed by atoms with van der Waals surface area (Å²) in [6.07, 6.45) is 1.85. The fourth-order valence-corrected chi connectivity index (χ4v) is 2.33. The van der Waals surface area contributed by atoms with Gasteiger partial charge in [0, 0.05) is 18.0 Å². The maximum Gasteiger partial charge on any atom is 0.231 e. The first-order valence-electron chi connectivity index (χ1n) is 7.28. The van der Waals surface area contributed by atoms with Gasteiger partial charge >= 0.3 is 0 Å². The van der Waals surface area contributed by atoms with Crippen LogP contribution in [-0.4, -0.2) is 20.8 Å². The van der Waals surface area contributed by atoms with Gasteiger partial charge in [-0.2, -0.15) is 5.10 Å². The molecule has 0 aliphatic rings. The highest BCUT2D eigenvalue weighted by atomic mass is 16.5. The maximum atomic E-state index is 12.2. The summed E-state index contributed by atoms with van der Waals surface area (Å²) in [5.41, 5.74) is 1.33. The number of amides is 1. The molecule has 0 saturated heterocycles. The smallest absolute Gasteiger partial charge is 0.231 e. The SMILES string of the molecule is CC(C)Cn1nccc1NC(=O)Cc1noc2ccccc12. The van der Waals surface area contributed by atoms with Gasteiger partial charge in [-0.3, -0.25) is 4.79 Å². The molecular formula is C16H18N4O2. The van der Waals surface area contributed by atoms with Crippen molar-refractivity contribution in [2.75, 3.05) is 5.32 Å². The molecule has 0 fully saturated rings. The van der Waals surface area contributed by atoms with Gasteiger partial charge in [-0.1, -0.05) is 31.1 Å². The van der Waals surface area contributed by atoms with Crippen LogP contribution < -0.4 is 5.32 Å². The second kappa shape index (κ2) is 6.01. The zero-order chi connectivity index (χ0) is 15.5. The third kappa shape index (κ3) is 3.00. The van der Waals surface area contributed by atoms with Crippen molar-refractivity contribution >= 4 is 22.7 Å². The van der Waals surface area contributed by atoms with Crippen LogP contribution in [0.25, 0.3) is 11.0 Å². The van der Waals surface area contributed by atoms with Crippen LogP contribution in [-0.2, 0) is 17.8 Å². The minimum atomic E-state index is -0.135. The molecule has 0 aliphatic heterocycles. The number of aromatic nitrogens is 3. The largest absolute Gasteiger partial charge is 0.356 e. The molecule has 1 N–H and O–H groups in total. The highest BCUT2D eigenvalue weighted by Crippen LogP contribution is 2.18. The van der Waals surface area contributed by atoms with Crippen LogP contribution in [0.1, 0.15) is 19.5 Å². The minimum absolute atomic E-state index is 0.135. The van der Waals surface area contributed by atoms with E-state index in [1.807, 2.05) is 24.3 Å². The zero-order valence-corrected chi connectivity index (χ0v) is 12.6. The van der Waals surface area contributed by atoms with E-state index < -0.39 is 0 Å². The Labute approximate surface area is 128 Å². The van der Waals surface area contributed by atoms with Gasteiger partial charge in [-0.05, 0) is 18.1 Å². The quantitative estimate of drug-likeness (QED) is 0.786. The Bertz CT molecular complexity index is 788. The van der Waals surface area contributed by atoms with E-state index in [4.69, 9.17) is 4.52 Å². The molecule has 0 spiro atoms. The lowest BCUT2D eigenvalue weighted by molar-refractivity contribution is -0.115. The standard InChI is InChI=1S/C16H18N4O2/c1-11(2)10-20-15(7-8-17-20)18-16(21)9-13-12-5-3-4-6-14(12)22-19-13/h3-8,11H,9-10H2,1-2H3,(H,18,21). The average Bonchev–Trinajstić information content (AvgIpc) is 3.07. The number of anilines is 1. The number of hydrogen-bond donors (Lipinski definition) is 1. The Morgan fingerprint density at radius 2 is 2.14 bits per heavy atom. The molecule has 114 valence electrons. The van der Waals surface area contributed by atoms with Crippen LogP contribution in [0, 0.1) is 5.92 Å². The van der Waals surface area contributed by atoms with Crippen LogP contribution in [0.3, 0.4) is 0 Å². The summed E-state index contributed by atoms with van der Waals surface area (Å²) in [6.45, 7) is 4.97. The van der Waals surface area contributed by atoms with Crippen molar-refractivity contribution in [2.24, 2.45) is 5.92 Å². The van der Waals surface area contributed by atoms with E-state index in [9.17, 15) is 4.79 Å². The molecule has 2 aromatic heterocycles. The van der Waals surface area contributed by atoms with Gasteiger partial charge < -0.3 is 9.84 Å². The highest BCUT2D eigenvalue weighted by Gasteiger charge is 2.14. The highest BCUT2D eigenvalue weighted by molar-refractivity contribution is 5.94. The monoisotopic (exact) mass is 298 g/mol. The molecule has 0 unspecified atom stereocenters. The lowest BCUT2D eigenvalue weighted by Gasteiger charge is -2.10. The van der Waals surface area contributed by atoms with Crippen molar-refractivity contribution in [1.29, 1.82) is 0 Å². The fourth-order valence-electron chi connectivity index (χ4n) is 2.33. The number of benzene rings is 1. The summed E-state index contributed by atoms with van der Waals surface area (Å²) in [7, 11) is 0. The summed E-state index contributed by atoms with van der Waals surface area (Å²) < 4.78 is 7.01. The molecule has 22 heavy (non-hydrogen) atoms. The molecule has 0 radical (unpaired) electrons. The lowest BCUT2D eigenvalue weighted by Crippen LogP contribution is -2.19. The number of carbonyl (C=O) groups is 1. The van der Waals surface area contributed by atoms with E-state index in [1.54, 1.807) is 16.9 Å². The normalized spacial score (nSPS) is 11.2. The van der Waals surface area contributed by atoms with Crippen molar-refractivity contribution in [1.82, 2.24) is 14.9 Å². The maximum absolute atomic E-state index is 12.2. The predicted molar refractivity (Wildman–Crippen MR) is 83.4 cm³/mol. The zero-order valence-electron chi connectivity index (χ0n) is 12.6. The van der Waals surface area contributed by atoms with Crippen molar-refractivity contribution in [2.45, 2.75) is 26.8 Å². The predicted octanol–water partition coefficient (Wildman–Crippen LogP) is 2.86. The fraction of sp³-hybridized carbons (Fsp3) is 0.312. The van der Waals surface area contributed by atoms with Crippen molar-refractivity contribution in [3.8, 4) is 0 Å². The molecule has 6 heteroatoms. The second-order valence-electron chi connectivity index (χ2n) is 5.64. The molecule has 3 aromatic rings. The number of rotatable bonds is 5. The third-order valence-electron chi connectivity index (χ3n) is 3.30. The molecule has 0 bridgehead atoms. The molecule has 1 amide bonds. The number of hydrogen-bond acceptors (Lipinski definition) is 4. The van der Waals surface area contributed by atoms with E-state index in [-0.39, 0.29) is 12.3 Å². The van der Waals surface area contributed by atoms with E-state index in [0.717, 1.165) is 11.9 Å². The first-order valence-corrected chi connectivity index (χ1v) is 7.28. The Morgan fingerprint density at radius 1 is 1.32 bits per heavy atom. The summed E-state index contributed by atoms with van der Waals surface area (Å²) in [5, 5.41) is 11.9. The lowest BCUT2D eigenvalue weighted by atomic mass is 10.1.